The molecule has 0 spiro atoms. The predicted octanol–water partition coefficient (Wildman–Crippen LogP) is 4.24. The summed E-state index contributed by atoms with van der Waals surface area (Å²) in [6, 6.07) is 15.2. The van der Waals surface area contributed by atoms with Crippen LogP contribution in [0.25, 0.3) is 27.9 Å². The lowest BCUT2D eigenvalue weighted by Gasteiger charge is -2.11. The minimum absolute atomic E-state index is 0.0330. The molecule has 2 aromatic carbocycles. The molecule has 0 saturated carbocycles. The van der Waals surface area contributed by atoms with E-state index in [1.807, 2.05) is 48.5 Å². The molecule has 3 N–H and O–H groups in total. The predicted molar refractivity (Wildman–Crippen MR) is 132 cm³/mol. The van der Waals surface area contributed by atoms with Crippen LogP contribution in [0.2, 0.25) is 0 Å². The maximum atomic E-state index is 13.3. The Kier molecular flexibility index (Phi) is 6.31. The lowest BCUT2D eigenvalue weighted by molar-refractivity contribution is 0.0859. The number of hydrogen-bond donors (Lipinski definition) is 2. The molecule has 1 aliphatic heterocycles. The number of amides is 1. The molecular weight excluding hydrogens is 430 g/mol. The first-order valence-electron chi connectivity index (χ1n) is 11.9. The molecule has 1 saturated heterocycles. The van der Waals surface area contributed by atoms with Crippen LogP contribution in [-0.2, 0) is 4.74 Å². The monoisotopic (exact) mass is 459 g/mol. The second kappa shape index (κ2) is 9.69. The average Bonchev–Trinajstić information content (AvgIpc) is 3.47. The first-order chi connectivity index (χ1) is 16.7. The van der Waals surface area contributed by atoms with Crippen LogP contribution in [0.4, 0.5) is 5.82 Å². The summed E-state index contributed by atoms with van der Waals surface area (Å²) in [6.07, 6.45) is 4.07. The van der Waals surface area contributed by atoms with Crippen LogP contribution >= 0.6 is 0 Å². The van der Waals surface area contributed by atoms with E-state index in [1.54, 1.807) is 4.57 Å². The van der Waals surface area contributed by atoms with E-state index in [1.165, 1.54) is 0 Å². The first kappa shape index (κ1) is 22.2. The zero-order chi connectivity index (χ0) is 23.5. The highest BCUT2D eigenvalue weighted by molar-refractivity contribution is 6.11. The van der Waals surface area contributed by atoms with E-state index in [2.05, 4.69) is 12.2 Å². The summed E-state index contributed by atoms with van der Waals surface area (Å²) >= 11 is 0. The molecule has 34 heavy (non-hydrogen) atoms. The lowest BCUT2D eigenvalue weighted by Crippen LogP contribution is -2.32. The third-order valence-electron chi connectivity index (χ3n) is 6.10. The number of nitrogens with one attached hydrogen (secondary N) is 1. The Labute approximate surface area is 198 Å². The summed E-state index contributed by atoms with van der Waals surface area (Å²) in [5.41, 5.74) is 10.2. The van der Waals surface area contributed by atoms with Crippen molar-refractivity contribution in [1.82, 2.24) is 19.9 Å². The van der Waals surface area contributed by atoms with Gasteiger partial charge in [0.1, 0.15) is 22.6 Å². The topological polar surface area (TPSA) is 104 Å². The van der Waals surface area contributed by atoms with E-state index in [-0.39, 0.29) is 12.0 Å². The lowest BCUT2D eigenvalue weighted by atomic mass is 10.2. The van der Waals surface area contributed by atoms with Crippen molar-refractivity contribution >= 4 is 33.9 Å². The number of unbranched alkanes of at least 4 members (excludes halogenated alkanes) is 1. The number of ether oxygens (including phenoxy) is 2. The Balaban J connectivity index is 1.56. The SMILES string of the molecule is CCCCOc1ccc(-n2c(N)c(C(=O)NCC3CCCO3)c3nc4ccccc4nc32)cc1. The van der Waals surface area contributed by atoms with E-state index >= 15 is 0 Å². The summed E-state index contributed by atoms with van der Waals surface area (Å²) in [5.74, 6) is 0.814. The second-order valence-corrected chi connectivity index (χ2v) is 8.52. The minimum Gasteiger partial charge on any atom is -0.494 e. The van der Waals surface area contributed by atoms with Gasteiger partial charge in [0.15, 0.2) is 5.65 Å². The molecule has 0 radical (unpaired) electrons. The van der Waals surface area contributed by atoms with Gasteiger partial charge in [-0.05, 0) is 55.7 Å². The fourth-order valence-electron chi connectivity index (χ4n) is 4.27. The number of nitrogen functional groups attached to an aromatic ring is 1. The molecule has 0 bridgehead atoms. The van der Waals surface area contributed by atoms with Crippen molar-refractivity contribution in [3.8, 4) is 11.4 Å². The largest absolute Gasteiger partial charge is 0.494 e. The normalized spacial score (nSPS) is 15.7. The standard InChI is InChI=1S/C26H29N5O3/c1-2-3-14-33-18-12-10-17(11-13-18)31-24(27)22(26(32)28-16-19-7-6-15-34-19)23-25(31)30-21-9-5-4-8-20(21)29-23/h4-5,8-13,19H,2-3,6-7,14-16,27H2,1H3,(H,28,32). The number of carbonyl (C=O) groups is 1. The Hall–Kier alpha value is -3.65. The van der Waals surface area contributed by atoms with E-state index in [0.29, 0.717) is 41.2 Å². The number of rotatable bonds is 8. The summed E-state index contributed by atoms with van der Waals surface area (Å²) in [4.78, 5) is 22.9. The van der Waals surface area contributed by atoms with E-state index in [0.717, 1.165) is 49.2 Å². The van der Waals surface area contributed by atoms with Gasteiger partial charge in [0.05, 0.1) is 23.7 Å². The van der Waals surface area contributed by atoms with Gasteiger partial charge in [-0.15, -0.1) is 0 Å². The Morgan fingerprint density at radius 3 is 2.65 bits per heavy atom. The van der Waals surface area contributed by atoms with Gasteiger partial charge in [-0.2, -0.15) is 0 Å². The molecule has 0 aliphatic carbocycles. The maximum absolute atomic E-state index is 13.3. The number of anilines is 1. The number of para-hydroxylation sites is 2. The van der Waals surface area contributed by atoms with Gasteiger partial charge in [0.25, 0.3) is 5.91 Å². The summed E-state index contributed by atoms with van der Waals surface area (Å²) < 4.78 is 13.2. The van der Waals surface area contributed by atoms with E-state index in [4.69, 9.17) is 25.2 Å². The van der Waals surface area contributed by atoms with Crippen LogP contribution in [0, 0.1) is 0 Å². The van der Waals surface area contributed by atoms with Crippen LogP contribution < -0.4 is 15.8 Å². The van der Waals surface area contributed by atoms with Crippen molar-refractivity contribution < 1.29 is 14.3 Å². The third-order valence-corrected chi connectivity index (χ3v) is 6.10. The zero-order valence-corrected chi connectivity index (χ0v) is 19.3. The molecule has 8 nitrogen and oxygen atoms in total. The first-order valence-corrected chi connectivity index (χ1v) is 11.9. The van der Waals surface area contributed by atoms with Gasteiger partial charge < -0.3 is 20.5 Å². The highest BCUT2D eigenvalue weighted by Crippen LogP contribution is 2.31. The van der Waals surface area contributed by atoms with Gasteiger partial charge in [-0.3, -0.25) is 9.36 Å². The van der Waals surface area contributed by atoms with Crippen LogP contribution in [-0.4, -0.2) is 46.3 Å². The molecule has 2 aromatic heterocycles. The molecule has 1 fully saturated rings. The fourth-order valence-corrected chi connectivity index (χ4v) is 4.27. The number of nitrogens with two attached hydrogens (primary N) is 1. The van der Waals surface area contributed by atoms with Gasteiger partial charge >= 0.3 is 0 Å². The molecule has 4 aromatic rings. The molecule has 5 rings (SSSR count). The molecule has 3 heterocycles. The Bertz CT molecular complexity index is 1310. The molecular formula is C26H29N5O3. The van der Waals surface area contributed by atoms with Crippen molar-refractivity contribution in [3.05, 3.63) is 54.1 Å². The third kappa shape index (κ3) is 4.28. The number of aromatic nitrogens is 3. The van der Waals surface area contributed by atoms with Crippen molar-refractivity contribution in [2.24, 2.45) is 0 Å². The molecule has 1 amide bonds. The van der Waals surface area contributed by atoms with E-state index in [9.17, 15) is 4.79 Å². The maximum Gasteiger partial charge on any atom is 0.257 e. The number of hydrogen-bond acceptors (Lipinski definition) is 6. The Morgan fingerprint density at radius 2 is 1.94 bits per heavy atom. The van der Waals surface area contributed by atoms with Crippen LogP contribution in [0.3, 0.4) is 0 Å². The minimum atomic E-state index is -0.277. The molecule has 1 atom stereocenters. The van der Waals surface area contributed by atoms with Crippen LogP contribution in [0.15, 0.2) is 48.5 Å². The molecule has 176 valence electrons. The van der Waals surface area contributed by atoms with Crippen LogP contribution in [0.1, 0.15) is 43.0 Å². The molecule has 1 unspecified atom stereocenters. The summed E-state index contributed by atoms with van der Waals surface area (Å²) in [5, 5.41) is 2.98. The van der Waals surface area contributed by atoms with Gasteiger partial charge in [-0.1, -0.05) is 25.5 Å². The molecule has 8 heteroatoms. The van der Waals surface area contributed by atoms with Crippen molar-refractivity contribution in [2.75, 3.05) is 25.5 Å². The van der Waals surface area contributed by atoms with Crippen molar-refractivity contribution in [2.45, 2.75) is 38.7 Å². The highest BCUT2D eigenvalue weighted by Gasteiger charge is 2.26. The van der Waals surface area contributed by atoms with Gasteiger partial charge in [-0.25, -0.2) is 9.97 Å². The van der Waals surface area contributed by atoms with E-state index < -0.39 is 0 Å². The van der Waals surface area contributed by atoms with Crippen molar-refractivity contribution in [1.29, 1.82) is 0 Å². The van der Waals surface area contributed by atoms with Crippen molar-refractivity contribution in [3.63, 3.8) is 0 Å². The fraction of sp³-hybridized carbons (Fsp3) is 0.346. The smallest absolute Gasteiger partial charge is 0.257 e. The van der Waals surface area contributed by atoms with Crippen LogP contribution in [0.5, 0.6) is 5.75 Å². The number of benzene rings is 2. The van der Waals surface area contributed by atoms with Gasteiger partial charge in [0.2, 0.25) is 0 Å². The second-order valence-electron chi connectivity index (χ2n) is 8.52. The molecule has 1 aliphatic rings. The quantitative estimate of drug-likeness (QED) is 0.382. The summed E-state index contributed by atoms with van der Waals surface area (Å²) in [6.45, 7) is 3.98. The zero-order valence-electron chi connectivity index (χ0n) is 19.3. The number of fused-ring (bicyclic) bond motifs is 2. The van der Waals surface area contributed by atoms with Gasteiger partial charge in [0, 0.05) is 18.8 Å². The Morgan fingerprint density at radius 1 is 1.18 bits per heavy atom. The summed E-state index contributed by atoms with van der Waals surface area (Å²) in [7, 11) is 0. The number of carbonyl (C=O) groups excluding carboxylic acids is 1. The average molecular weight is 460 g/mol. The number of nitrogens with zero attached hydrogens (tertiary/aromatic N) is 3. The highest BCUT2D eigenvalue weighted by atomic mass is 16.5.